The molecule has 1 heterocycles. The normalized spacial score (nSPS) is 24.2. The van der Waals surface area contributed by atoms with E-state index in [0.29, 0.717) is 11.1 Å². The van der Waals surface area contributed by atoms with Crippen molar-refractivity contribution in [2.24, 2.45) is 11.3 Å². The van der Waals surface area contributed by atoms with Crippen molar-refractivity contribution in [2.75, 3.05) is 0 Å². The number of cyclic esters (lactones) is 1. The van der Waals surface area contributed by atoms with Gasteiger partial charge in [-0.2, -0.15) is 0 Å². The summed E-state index contributed by atoms with van der Waals surface area (Å²) in [7, 11) is 0. The molecule has 66 heavy (non-hydrogen) atoms. The van der Waals surface area contributed by atoms with Crippen LogP contribution in [-0.4, -0.2) is 93.0 Å². The summed E-state index contributed by atoms with van der Waals surface area (Å²) in [6, 6.07) is 0. The van der Waals surface area contributed by atoms with Crippen LogP contribution in [0.15, 0.2) is 153 Å². The number of carbonyl (C=O) groups excluding carboxylic acids is 6. The predicted molar refractivity (Wildman–Crippen MR) is 248 cm³/mol. The van der Waals surface area contributed by atoms with Crippen molar-refractivity contribution in [1.29, 1.82) is 0 Å². The molecule has 3 rings (SSSR count). The molecule has 0 amide bonds. The van der Waals surface area contributed by atoms with Crippen molar-refractivity contribution in [1.82, 2.24) is 0 Å². The van der Waals surface area contributed by atoms with Gasteiger partial charge in [-0.05, 0) is 94.6 Å². The van der Waals surface area contributed by atoms with E-state index in [4.69, 9.17) is 14.2 Å². The lowest BCUT2D eigenvalue weighted by atomic mass is 9.71. The van der Waals surface area contributed by atoms with Gasteiger partial charge in [0.2, 0.25) is 5.76 Å². The largest absolute Gasteiger partial charge is 0.513 e. The maximum atomic E-state index is 13.2. The van der Waals surface area contributed by atoms with Crippen LogP contribution in [-0.2, 0) is 47.7 Å². The van der Waals surface area contributed by atoms with Gasteiger partial charge in [0.05, 0.1) is 5.76 Å². The number of hydrogen-bond donors (Lipinski definition) is 4. The summed E-state index contributed by atoms with van der Waals surface area (Å²) in [6.45, 7) is 18.2. The number of rotatable bonds is 19. The number of ketones is 2. The first-order valence-electron chi connectivity index (χ1n) is 21.4. The minimum Gasteiger partial charge on any atom is -0.513 e. The summed E-state index contributed by atoms with van der Waals surface area (Å²) in [5, 5.41) is 39.5. The maximum Gasteiger partial charge on any atom is 0.373 e. The molecule has 0 aromatic heterocycles. The molecule has 0 spiro atoms. The smallest absolute Gasteiger partial charge is 0.373 e. The van der Waals surface area contributed by atoms with Gasteiger partial charge in [-0.15, -0.1) is 0 Å². The van der Waals surface area contributed by atoms with Crippen LogP contribution < -0.4 is 0 Å². The first-order chi connectivity index (χ1) is 31.0. The number of allylic oxidation sites excluding steroid dienone is 21. The van der Waals surface area contributed by atoms with Gasteiger partial charge in [0.1, 0.15) is 0 Å². The highest BCUT2D eigenvalue weighted by Crippen LogP contribution is 2.41. The molecule has 14 heteroatoms. The van der Waals surface area contributed by atoms with Gasteiger partial charge in [-0.25, -0.2) is 14.4 Å². The lowest BCUT2D eigenvalue weighted by molar-refractivity contribution is -0.171. The molecule has 354 valence electrons. The summed E-state index contributed by atoms with van der Waals surface area (Å²) >= 11 is 0. The molecule has 0 saturated heterocycles. The highest BCUT2D eigenvalue weighted by atomic mass is 16.6. The fraction of sp³-hybridized carbons (Fsp3) is 0.385. The Morgan fingerprint density at radius 1 is 0.773 bits per heavy atom. The van der Waals surface area contributed by atoms with Crippen molar-refractivity contribution in [3.63, 3.8) is 0 Å². The number of hydrogen-bond acceptors (Lipinski definition) is 14. The van der Waals surface area contributed by atoms with Crippen molar-refractivity contribution in [3.05, 3.63) is 153 Å². The fourth-order valence-corrected chi connectivity index (χ4v) is 7.26. The third-order valence-electron chi connectivity index (χ3n) is 11.0. The van der Waals surface area contributed by atoms with Gasteiger partial charge in [0.15, 0.2) is 48.2 Å². The highest BCUT2D eigenvalue weighted by molar-refractivity contribution is 6.02. The maximum absolute atomic E-state index is 13.2. The number of ether oxygens (including phenoxy) is 4. The molecule has 0 radical (unpaired) electrons. The van der Waals surface area contributed by atoms with Crippen LogP contribution in [0.4, 0.5) is 0 Å². The first kappa shape index (κ1) is 53.7. The van der Waals surface area contributed by atoms with Crippen LogP contribution in [0.3, 0.4) is 0 Å². The van der Waals surface area contributed by atoms with Gasteiger partial charge in [0, 0.05) is 12.5 Å². The average molecular weight is 911 g/mol. The topological polar surface area (TPSA) is 220 Å². The molecule has 0 fully saturated rings. The molecule has 3 aliphatic rings. The zero-order valence-corrected chi connectivity index (χ0v) is 39.1. The van der Waals surface area contributed by atoms with E-state index in [2.05, 4.69) is 4.74 Å². The molecule has 0 aromatic rings. The second-order valence-corrected chi connectivity index (χ2v) is 17.2. The Balaban J connectivity index is 1.53. The first-order valence-corrected chi connectivity index (χ1v) is 21.4. The molecule has 2 aliphatic carbocycles. The Labute approximate surface area is 386 Å². The van der Waals surface area contributed by atoms with E-state index in [1.54, 1.807) is 13.8 Å². The Kier molecular flexibility index (Phi) is 20.0. The summed E-state index contributed by atoms with van der Waals surface area (Å²) < 4.78 is 20.1. The van der Waals surface area contributed by atoms with E-state index >= 15 is 0 Å². The summed E-state index contributed by atoms with van der Waals surface area (Å²) in [5.74, 6) is -5.25. The van der Waals surface area contributed by atoms with Gasteiger partial charge in [0.25, 0.3) is 6.47 Å². The fourth-order valence-electron chi connectivity index (χ4n) is 7.26. The van der Waals surface area contributed by atoms with Crippen LogP contribution in [0.5, 0.6) is 0 Å². The van der Waals surface area contributed by atoms with Gasteiger partial charge in [-0.3, -0.25) is 14.4 Å². The van der Waals surface area contributed by atoms with Crippen LogP contribution >= 0.6 is 0 Å². The van der Waals surface area contributed by atoms with E-state index in [1.165, 1.54) is 6.92 Å². The minimum atomic E-state index is -1.93. The molecule has 0 bridgehead atoms. The lowest BCUT2D eigenvalue weighted by Crippen LogP contribution is -2.43. The summed E-state index contributed by atoms with van der Waals surface area (Å²) in [6.07, 6.45) is 20.4. The molecule has 7 atom stereocenters. The van der Waals surface area contributed by atoms with Crippen LogP contribution in [0.25, 0.3) is 0 Å². The van der Waals surface area contributed by atoms with Gasteiger partial charge in [-0.1, -0.05) is 128 Å². The molecular formula is C52H62O14. The summed E-state index contributed by atoms with van der Waals surface area (Å²) in [4.78, 5) is 73.7. The van der Waals surface area contributed by atoms with Crippen LogP contribution in [0, 0.1) is 11.3 Å². The van der Waals surface area contributed by atoms with Crippen molar-refractivity contribution in [3.8, 4) is 0 Å². The molecule has 14 nitrogen and oxygen atoms in total. The number of esters is 3. The summed E-state index contributed by atoms with van der Waals surface area (Å²) in [5.41, 5.74) is 5.82. The molecule has 0 aromatic carbocycles. The quantitative estimate of drug-likeness (QED) is 0.0321. The third kappa shape index (κ3) is 15.5. The standard InChI is InChI=1S/C52H62O14/c1-30(17-13-19-32(3)21-23-38-34(5)25-42(45(56)36(38)7)65-50(61)47(58)41(63-29-53)26-35(6)54)15-11-12-16-31(2)18-14-20-33(4)22-24-39-37(8)46(57)44(28-52(39,9)10)66-51(62)48(59)43-27-40(55)49(60)64-43/h11-24,26-27,29,34,41-44,47-48,54-55,58-59H,25,28H2,1-10H3/b12-11+,17-13+,18-14+,23-21+,24-22+,30-15+,31-16+,32-19+,33-20+,35-26+. The molecular weight excluding hydrogens is 849 g/mol. The van der Waals surface area contributed by atoms with E-state index in [1.807, 2.05) is 134 Å². The number of aliphatic hydroxyl groups is 4. The van der Waals surface area contributed by atoms with Crippen LogP contribution in [0.2, 0.25) is 0 Å². The number of carbonyl (C=O) groups is 6. The van der Waals surface area contributed by atoms with Crippen molar-refractivity contribution < 1.29 is 68.1 Å². The third-order valence-corrected chi connectivity index (χ3v) is 11.0. The zero-order valence-electron chi connectivity index (χ0n) is 39.1. The Morgan fingerprint density at radius 3 is 1.82 bits per heavy atom. The van der Waals surface area contributed by atoms with Crippen LogP contribution in [0.1, 0.15) is 82.1 Å². The lowest BCUT2D eigenvalue weighted by Gasteiger charge is -2.36. The molecule has 0 saturated carbocycles. The Hall–Kier alpha value is -6.64. The van der Waals surface area contributed by atoms with E-state index < -0.39 is 77.3 Å². The monoisotopic (exact) mass is 910 g/mol. The predicted octanol–water partition coefficient (Wildman–Crippen LogP) is 7.71. The molecule has 7 unspecified atom stereocenters. The average Bonchev–Trinajstić information content (AvgIpc) is 3.58. The highest BCUT2D eigenvalue weighted by Gasteiger charge is 2.43. The SMILES string of the molecule is CC1=C(/C=C/C(C)=C/C=C/C(C)=C/C=C/C=C(C)/C=C/C=C(C)/C=C/C2=C(C)C(=O)C(OC(=O)C(O)C3C=C(O)C(=O)O3)CC2(C)C)C(C)CC(OC(=O)C(O)C(/C=C(\C)O)OC=O)C1=O. The van der Waals surface area contributed by atoms with E-state index in [9.17, 15) is 49.2 Å². The zero-order chi connectivity index (χ0) is 49.5. The van der Waals surface area contributed by atoms with Gasteiger partial charge >= 0.3 is 17.9 Å². The second-order valence-electron chi connectivity index (χ2n) is 17.2. The van der Waals surface area contributed by atoms with Crippen molar-refractivity contribution in [2.45, 2.75) is 119 Å². The van der Waals surface area contributed by atoms with E-state index in [0.717, 1.165) is 45.6 Å². The number of aliphatic hydroxyl groups excluding tert-OH is 4. The Morgan fingerprint density at radius 2 is 1.29 bits per heavy atom. The second kappa shape index (κ2) is 24.6. The van der Waals surface area contributed by atoms with Gasteiger partial charge < -0.3 is 39.4 Å². The Bertz CT molecular complexity index is 2310. The minimum absolute atomic E-state index is 0.0351. The molecule has 1 aliphatic heterocycles. The van der Waals surface area contributed by atoms with Crippen molar-refractivity contribution >= 4 is 35.9 Å². The molecule has 4 N–H and O–H groups in total. The van der Waals surface area contributed by atoms with E-state index in [-0.39, 0.29) is 31.0 Å². The number of Topliss-reactive ketones (excluding diaryl/α,β-unsaturated/α-hetero) is 2.